The summed E-state index contributed by atoms with van der Waals surface area (Å²) in [7, 11) is 0. The molecule has 0 amide bonds. The Morgan fingerprint density at radius 1 is 1.05 bits per heavy atom. The molecule has 0 aliphatic carbocycles. The van der Waals surface area contributed by atoms with Crippen molar-refractivity contribution in [2.24, 2.45) is 5.73 Å². The molecule has 106 valence electrons. The summed E-state index contributed by atoms with van der Waals surface area (Å²) < 4.78 is 0. The van der Waals surface area contributed by atoms with Crippen molar-refractivity contribution in [3.8, 4) is 0 Å². The zero-order valence-electron chi connectivity index (χ0n) is 12.5. The smallest absolute Gasteiger partial charge is 0.188 e. The van der Waals surface area contributed by atoms with Crippen LogP contribution in [0.3, 0.4) is 0 Å². The number of aromatic nitrogens is 2. The third-order valence-electron chi connectivity index (χ3n) is 3.18. The van der Waals surface area contributed by atoms with Crippen LogP contribution in [0.1, 0.15) is 34.1 Å². The van der Waals surface area contributed by atoms with Crippen LogP contribution in [0.4, 0.5) is 0 Å². The van der Waals surface area contributed by atoms with Crippen LogP contribution in [0, 0.1) is 27.7 Å². The maximum atomic E-state index is 6.29. The molecule has 4 heteroatoms. The molecule has 2 N–H and O–H groups in total. The van der Waals surface area contributed by atoms with E-state index in [0.717, 1.165) is 22.3 Å². The van der Waals surface area contributed by atoms with E-state index in [1.54, 1.807) is 11.8 Å². The van der Waals surface area contributed by atoms with Crippen LogP contribution in [0.5, 0.6) is 0 Å². The topological polar surface area (TPSA) is 51.8 Å². The molecule has 0 bridgehead atoms. The molecule has 1 aromatic carbocycles. The fourth-order valence-corrected chi connectivity index (χ4v) is 3.18. The predicted molar refractivity (Wildman–Crippen MR) is 85.1 cm³/mol. The number of nitrogens with zero attached hydrogens (tertiary/aromatic N) is 2. The minimum Gasteiger partial charge on any atom is -0.323 e. The molecule has 1 atom stereocenters. The fourth-order valence-electron chi connectivity index (χ4n) is 2.25. The van der Waals surface area contributed by atoms with Gasteiger partial charge in [-0.05, 0) is 44.9 Å². The van der Waals surface area contributed by atoms with Gasteiger partial charge in [-0.2, -0.15) is 0 Å². The standard InChI is InChI=1S/C16H21N3S/c1-10-5-6-14(11(2)7-10)15(17)9-20-16-18-12(3)8-13(4)19-16/h5-8,15H,9,17H2,1-4H3. The first-order chi connectivity index (χ1) is 9.45. The number of hydrogen-bond donors (Lipinski definition) is 1. The van der Waals surface area contributed by atoms with Gasteiger partial charge in [-0.25, -0.2) is 9.97 Å². The highest BCUT2D eigenvalue weighted by atomic mass is 32.2. The molecule has 0 aliphatic rings. The molecule has 1 unspecified atom stereocenters. The second-order valence-electron chi connectivity index (χ2n) is 5.21. The predicted octanol–water partition coefficient (Wildman–Crippen LogP) is 3.50. The first-order valence-corrected chi connectivity index (χ1v) is 7.72. The highest BCUT2D eigenvalue weighted by molar-refractivity contribution is 7.99. The lowest BCUT2D eigenvalue weighted by Gasteiger charge is -2.14. The summed E-state index contributed by atoms with van der Waals surface area (Å²) in [4.78, 5) is 8.86. The third-order valence-corrected chi connectivity index (χ3v) is 4.15. The normalized spacial score (nSPS) is 12.4. The molecule has 2 rings (SSSR count). The van der Waals surface area contributed by atoms with Crippen molar-refractivity contribution in [3.05, 3.63) is 52.3 Å². The van der Waals surface area contributed by atoms with E-state index in [0.29, 0.717) is 0 Å². The van der Waals surface area contributed by atoms with Crippen LogP contribution in [0.2, 0.25) is 0 Å². The van der Waals surface area contributed by atoms with Crippen LogP contribution in [-0.4, -0.2) is 15.7 Å². The SMILES string of the molecule is Cc1ccc(C(N)CSc2nc(C)cc(C)n2)c(C)c1. The van der Waals surface area contributed by atoms with Gasteiger partial charge in [0.25, 0.3) is 0 Å². The van der Waals surface area contributed by atoms with Gasteiger partial charge in [0.05, 0.1) is 0 Å². The zero-order chi connectivity index (χ0) is 14.7. The highest BCUT2D eigenvalue weighted by Crippen LogP contribution is 2.23. The Balaban J connectivity index is 2.06. The van der Waals surface area contributed by atoms with Gasteiger partial charge in [0, 0.05) is 23.2 Å². The van der Waals surface area contributed by atoms with E-state index >= 15 is 0 Å². The number of nitrogens with two attached hydrogens (primary N) is 1. The summed E-state index contributed by atoms with van der Waals surface area (Å²) >= 11 is 1.62. The van der Waals surface area contributed by atoms with E-state index < -0.39 is 0 Å². The molecular formula is C16H21N3S. The van der Waals surface area contributed by atoms with E-state index in [1.165, 1.54) is 16.7 Å². The van der Waals surface area contributed by atoms with Crippen LogP contribution in [0.25, 0.3) is 0 Å². The summed E-state index contributed by atoms with van der Waals surface area (Å²) in [5.74, 6) is 0.785. The molecular weight excluding hydrogens is 266 g/mol. The molecule has 2 aromatic rings. The Morgan fingerprint density at radius 3 is 2.30 bits per heavy atom. The van der Waals surface area contributed by atoms with E-state index in [2.05, 4.69) is 42.0 Å². The highest BCUT2D eigenvalue weighted by Gasteiger charge is 2.11. The molecule has 20 heavy (non-hydrogen) atoms. The Bertz CT molecular complexity index is 590. The lowest BCUT2D eigenvalue weighted by atomic mass is 10.0. The van der Waals surface area contributed by atoms with Gasteiger partial charge in [0.15, 0.2) is 5.16 Å². The average molecular weight is 287 g/mol. The lowest BCUT2D eigenvalue weighted by molar-refractivity contribution is 0.815. The van der Waals surface area contributed by atoms with Gasteiger partial charge >= 0.3 is 0 Å². The molecule has 0 saturated heterocycles. The molecule has 1 heterocycles. The van der Waals surface area contributed by atoms with Crippen molar-refractivity contribution in [1.29, 1.82) is 0 Å². The molecule has 0 aliphatic heterocycles. The van der Waals surface area contributed by atoms with E-state index in [1.807, 2.05) is 19.9 Å². The molecule has 0 radical (unpaired) electrons. The van der Waals surface area contributed by atoms with E-state index in [9.17, 15) is 0 Å². The average Bonchev–Trinajstić information content (AvgIpc) is 2.35. The number of thioether (sulfide) groups is 1. The van der Waals surface area contributed by atoms with Gasteiger partial charge in [0.1, 0.15) is 0 Å². The van der Waals surface area contributed by atoms with Gasteiger partial charge in [-0.15, -0.1) is 0 Å². The van der Waals surface area contributed by atoms with Crippen LogP contribution >= 0.6 is 11.8 Å². The third kappa shape index (κ3) is 3.81. The summed E-state index contributed by atoms with van der Waals surface area (Å²) in [5, 5.41) is 0.808. The van der Waals surface area contributed by atoms with Crippen molar-refractivity contribution in [3.63, 3.8) is 0 Å². The van der Waals surface area contributed by atoms with Crippen LogP contribution in [0.15, 0.2) is 29.4 Å². The molecule has 0 spiro atoms. The van der Waals surface area contributed by atoms with Gasteiger partial charge in [-0.1, -0.05) is 35.5 Å². The number of benzene rings is 1. The van der Waals surface area contributed by atoms with Crippen molar-refractivity contribution < 1.29 is 0 Å². The van der Waals surface area contributed by atoms with Gasteiger partial charge in [0.2, 0.25) is 0 Å². The maximum absolute atomic E-state index is 6.29. The zero-order valence-corrected chi connectivity index (χ0v) is 13.3. The first kappa shape index (κ1) is 15.0. The second kappa shape index (κ2) is 6.37. The largest absolute Gasteiger partial charge is 0.323 e. The lowest BCUT2D eigenvalue weighted by Crippen LogP contribution is -2.14. The minimum absolute atomic E-state index is 0.00465. The van der Waals surface area contributed by atoms with Crippen LogP contribution < -0.4 is 5.73 Å². The quantitative estimate of drug-likeness (QED) is 0.690. The molecule has 1 aromatic heterocycles. The van der Waals surface area contributed by atoms with Crippen molar-refractivity contribution in [2.45, 2.75) is 38.9 Å². The Morgan fingerprint density at radius 2 is 1.70 bits per heavy atom. The van der Waals surface area contributed by atoms with Crippen molar-refractivity contribution >= 4 is 11.8 Å². The Labute approximate surface area is 125 Å². The van der Waals surface area contributed by atoms with Crippen molar-refractivity contribution in [1.82, 2.24) is 9.97 Å². The maximum Gasteiger partial charge on any atom is 0.188 e. The molecule has 0 fully saturated rings. The summed E-state index contributed by atoms with van der Waals surface area (Å²) in [5.41, 5.74) is 12.0. The fraction of sp³-hybridized carbons (Fsp3) is 0.375. The van der Waals surface area contributed by atoms with Gasteiger partial charge in [-0.3, -0.25) is 0 Å². The number of rotatable bonds is 4. The summed E-state index contributed by atoms with van der Waals surface area (Å²) in [6.45, 7) is 8.19. The second-order valence-corrected chi connectivity index (χ2v) is 6.20. The van der Waals surface area contributed by atoms with Crippen molar-refractivity contribution in [2.75, 3.05) is 5.75 Å². The molecule has 0 saturated carbocycles. The number of aryl methyl sites for hydroxylation is 4. The van der Waals surface area contributed by atoms with Gasteiger partial charge < -0.3 is 5.73 Å². The molecule has 3 nitrogen and oxygen atoms in total. The Kier molecular flexibility index (Phi) is 4.78. The van der Waals surface area contributed by atoms with E-state index in [-0.39, 0.29) is 6.04 Å². The minimum atomic E-state index is 0.00465. The van der Waals surface area contributed by atoms with Crippen LogP contribution in [-0.2, 0) is 0 Å². The van der Waals surface area contributed by atoms with E-state index in [4.69, 9.17) is 5.73 Å². The summed E-state index contributed by atoms with van der Waals surface area (Å²) in [6, 6.07) is 8.39. The first-order valence-electron chi connectivity index (χ1n) is 6.73. The Hall–Kier alpha value is -1.39. The monoisotopic (exact) mass is 287 g/mol. The number of hydrogen-bond acceptors (Lipinski definition) is 4. The summed E-state index contributed by atoms with van der Waals surface area (Å²) in [6.07, 6.45) is 0.